The molecule has 0 bridgehead atoms. The molecule has 2 nitrogen and oxygen atoms in total. The van der Waals surface area contributed by atoms with Crippen LogP contribution in [0.3, 0.4) is 0 Å². The largest absolute Gasteiger partial charge is 0.297 e. The molecular weight excluding hydrogens is 192 g/mol. The minimum absolute atomic E-state index is 0.568. The van der Waals surface area contributed by atoms with Crippen molar-refractivity contribution >= 4 is 11.3 Å². The molecule has 2 rings (SSSR count). The van der Waals surface area contributed by atoms with Gasteiger partial charge in [-0.25, -0.2) is 4.98 Å². The first-order valence-corrected chi connectivity index (χ1v) is 6.30. The van der Waals surface area contributed by atoms with Crippen molar-refractivity contribution in [2.24, 2.45) is 0 Å². The Balaban J connectivity index is 1.95. The summed E-state index contributed by atoms with van der Waals surface area (Å²) < 4.78 is 0. The summed E-state index contributed by atoms with van der Waals surface area (Å²) in [6.07, 6.45) is 2.73. The first-order chi connectivity index (χ1) is 6.75. The van der Waals surface area contributed by atoms with Crippen LogP contribution >= 0.6 is 11.3 Å². The van der Waals surface area contributed by atoms with Crippen molar-refractivity contribution < 1.29 is 0 Å². The Labute approximate surface area is 90.0 Å². The van der Waals surface area contributed by atoms with Crippen LogP contribution in [0.25, 0.3) is 0 Å². The van der Waals surface area contributed by atoms with E-state index in [1.807, 2.05) is 11.3 Å². The third kappa shape index (κ3) is 2.34. The summed E-state index contributed by atoms with van der Waals surface area (Å²) in [7, 11) is 0. The lowest BCUT2D eigenvalue weighted by molar-refractivity contribution is 0.330. The van der Waals surface area contributed by atoms with Gasteiger partial charge in [-0.1, -0.05) is 13.8 Å². The fourth-order valence-corrected chi connectivity index (χ4v) is 2.79. The average Bonchev–Trinajstić information content (AvgIpc) is 2.75. The van der Waals surface area contributed by atoms with Gasteiger partial charge in [-0.2, -0.15) is 0 Å². The second-order valence-corrected chi connectivity index (χ2v) is 5.25. The van der Waals surface area contributed by atoms with E-state index < -0.39 is 0 Å². The summed E-state index contributed by atoms with van der Waals surface area (Å²) in [6.45, 7) is 7.99. The Hall–Kier alpha value is -0.410. The monoisotopic (exact) mass is 210 g/mol. The van der Waals surface area contributed by atoms with Crippen molar-refractivity contribution in [1.82, 2.24) is 9.88 Å². The average molecular weight is 210 g/mol. The van der Waals surface area contributed by atoms with Crippen molar-refractivity contribution in [1.29, 1.82) is 0 Å². The van der Waals surface area contributed by atoms with Crippen LogP contribution < -0.4 is 0 Å². The number of thiazole rings is 1. The van der Waals surface area contributed by atoms with Crippen molar-refractivity contribution in [2.75, 3.05) is 13.1 Å². The van der Waals surface area contributed by atoms with Gasteiger partial charge in [0.2, 0.25) is 0 Å². The summed E-state index contributed by atoms with van der Waals surface area (Å²) in [5.41, 5.74) is 1.25. The molecule has 14 heavy (non-hydrogen) atoms. The highest BCUT2D eigenvalue weighted by molar-refractivity contribution is 7.09. The Bertz CT molecular complexity index is 287. The molecule has 1 aromatic rings. The smallest absolute Gasteiger partial charge is 0.107 e. The van der Waals surface area contributed by atoms with E-state index >= 15 is 0 Å². The normalized spacial score (nSPS) is 18.2. The molecule has 0 radical (unpaired) electrons. The molecule has 0 saturated carbocycles. The van der Waals surface area contributed by atoms with Crippen LogP contribution in [0.15, 0.2) is 5.38 Å². The second-order valence-electron chi connectivity index (χ2n) is 4.30. The number of hydrogen-bond acceptors (Lipinski definition) is 3. The van der Waals surface area contributed by atoms with Crippen LogP contribution in [0.1, 0.15) is 43.3 Å². The highest BCUT2D eigenvalue weighted by atomic mass is 32.1. The first-order valence-electron chi connectivity index (χ1n) is 5.42. The van der Waals surface area contributed by atoms with E-state index in [9.17, 15) is 0 Å². The van der Waals surface area contributed by atoms with E-state index in [0.717, 1.165) is 6.54 Å². The standard InChI is InChI=1S/C11H18N2S/c1-9(2)10-8-14-11(12-10)7-13-5-3-4-6-13/h8-9H,3-7H2,1-2H3. The van der Waals surface area contributed by atoms with Crippen molar-refractivity contribution in [3.05, 3.63) is 16.1 Å². The summed E-state index contributed by atoms with van der Waals surface area (Å²) in [6, 6.07) is 0. The van der Waals surface area contributed by atoms with Gasteiger partial charge in [-0.3, -0.25) is 4.90 Å². The third-order valence-electron chi connectivity index (χ3n) is 2.72. The van der Waals surface area contributed by atoms with Gasteiger partial charge in [0.25, 0.3) is 0 Å². The van der Waals surface area contributed by atoms with E-state index in [0.29, 0.717) is 5.92 Å². The van der Waals surface area contributed by atoms with Gasteiger partial charge in [0, 0.05) is 5.38 Å². The molecule has 1 aliphatic rings. The van der Waals surface area contributed by atoms with Crippen LogP contribution in [0.4, 0.5) is 0 Å². The van der Waals surface area contributed by atoms with Gasteiger partial charge >= 0.3 is 0 Å². The Morgan fingerprint density at radius 3 is 2.71 bits per heavy atom. The Morgan fingerprint density at radius 2 is 2.14 bits per heavy atom. The zero-order valence-corrected chi connectivity index (χ0v) is 9.81. The molecule has 1 saturated heterocycles. The van der Waals surface area contributed by atoms with Gasteiger partial charge in [0.15, 0.2) is 0 Å². The maximum atomic E-state index is 4.65. The molecule has 0 aliphatic carbocycles. The SMILES string of the molecule is CC(C)c1csc(CN2CCCC2)n1. The summed E-state index contributed by atoms with van der Waals surface area (Å²) in [5.74, 6) is 0.568. The van der Waals surface area contributed by atoms with Gasteiger partial charge < -0.3 is 0 Å². The molecule has 2 heterocycles. The van der Waals surface area contributed by atoms with Crippen molar-refractivity contribution in [3.63, 3.8) is 0 Å². The van der Waals surface area contributed by atoms with Crippen LogP contribution in [-0.4, -0.2) is 23.0 Å². The molecule has 0 atom stereocenters. The van der Waals surface area contributed by atoms with E-state index in [1.54, 1.807) is 0 Å². The Kier molecular flexibility index (Phi) is 3.19. The first kappa shape index (κ1) is 10.1. The number of nitrogens with zero attached hydrogens (tertiary/aromatic N) is 2. The van der Waals surface area contributed by atoms with Crippen LogP contribution in [0, 0.1) is 0 Å². The summed E-state index contributed by atoms with van der Waals surface area (Å²) in [5, 5.41) is 3.49. The maximum Gasteiger partial charge on any atom is 0.107 e. The third-order valence-corrected chi connectivity index (χ3v) is 3.57. The maximum absolute atomic E-state index is 4.65. The van der Waals surface area contributed by atoms with Gasteiger partial charge in [0.05, 0.1) is 12.2 Å². The molecule has 0 amide bonds. The lowest BCUT2D eigenvalue weighted by atomic mass is 10.2. The lowest BCUT2D eigenvalue weighted by Crippen LogP contribution is -2.18. The van der Waals surface area contributed by atoms with E-state index in [4.69, 9.17) is 0 Å². The number of likely N-dealkylation sites (tertiary alicyclic amines) is 1. The number of rotatable bonds is 3. The summed E-state index contributed by atoms with van der Waals surface area (Å²) >= 11 is 1.81. The molecule has 0 aromatic carbocycles. The summed E-state index contributed by atoms with van der Waals surface area (Å²) in [4.78, 5) is 7.15. The molecule has 1 aromatic heterocycles. The number of hydrogen-bond donors (Lipinski definition) is 0. The molecule has 0 spiro atoms. The van der Waals surface area contributed by atoms with Crippen LogP contribution in [-0.2, 0) is 6.54 Å². The fourth-order valence-electron chi connectivity index (χ4n) is 1.79. The van der Waals surface area contributed by atoms with E-state index in [-0.39, 0.29) is 0 Å². The van der Waals surface area contributed by atoms with E-state index in [2.05, 4.69) is 29.1 Å². The van der Waals surface area contributed by atoms with Gasteiger partial charge in [-0.15, -0.1) is 11.3 Å². The van der Waals surface area contributed by atoms with Crippen LogP contribution in [0.2, 0.25) is 0 Å². The highest BCUT2D eigenvalue weighted by Crippen LogP contribution is 2.20. The molecule has 78 valence electrons. The molecule has 1 aliphatic heterocycles. The quantitative estimate of drug-likeness (QED) is 0.762. The minimum Gasteiger partial charge on any atom is -0.297 e. The second kappa shape index (κ2) is 4.41. The minimum atomic E-state index is 0.568. The molecule has 0 unspecified atom stereocenters. The van der Waals surface area contributed by atoms with E-state index in [1.165, 1.54) is 36.6 Å². The van der Waals surface area contributed by atoms with Crippen LogP contribution in [0.5, 0.6) is 0 Å². The zero-order chi connectivity index (χ0) is 9.97. The molecular formula is C11H18N2S. The Morgan fingerprint density at radius 1 is 1.43 bits per heavy atom. The topological polar surface area (TPSA) is 16.1 Å². The molecule has 1 fully saturated rings. The van der Waals surface area contributed by atoms with Gasteiger partial charge in [-0.05, 0) is 31.8 Å². The highest BCUT2D eigenvalue weighted by Gasteiger charge is 2.14. The fraction of sp³-hybridized carbons (Fsp3) is 0.727. The molecule has 3 heteroatoms. The number of aromatic nitrogens is 1. The lowest BCUT2D eigenvalue weighted by Gasteiger charge is -2.11. The predicted molar refractivity (Wildman–Crippen MR) is 60.7 cm³/mol. The zero-order valence-electron chi connectivity index (χ0n) is 8.99. The van der Waals surface area contributed by atoms with Crippen molar-refractivity contribution in [3.8, 4) is 0 Å². The molecule has 0 N–H and O–H groups in total. The van der Waals surface area contributed by atoms with Crippen molar-refractivity contribution in [2.45, 2.75) is 39.2 Å². The predicted octanol–water partition coefficient (Wildman–Crippen LogP) is 2.86. The van der Waals surface area contributed by atoms with Gasteiger partial charge in [0.1, 0.15) is 5.01 Å².